The van der Waals surface area contributed by atoms with Gasteiger partial charge >= 0.3 is 0 Å². The average molecular weight is 224 g/mol. The molecule has 0 bridgehead atoms. The second-order valence-electron chi connectivity index (χ2n) is 4.40. The molecule has 0 amide bonds. The van der Waals surface area contributed by atoms with Crippen LogP contribution in [0, 0.1) is 5.92 Å². The van der Waals surface area contributed by atoms with Crippen LogP contribution in [0.1, 0.15) is 39.0 Å². The van der Waals surface area contributed by atoms with E-state index in [0.717, 1.165) is 43.3 Å². The first kappa shape index (κ1) is 13.2. The van der Waals surface area contributed by atoms with Gasteiger partial charge in [0.1, 0.15) is 5.83 Å². The van der Waals surface area contributed by atoms with Gasteiger partial charge in [0, 0.05) is 6.61 Å². The van der Waals surface area contributed by atoms with Crippen LogP contribution >= 0.6 is 0 Å². The molecule has 16 heavy (non-hydrogen) atoms. The highest BCUT2D eigenvalue weighted by Crippen LogP contribution is 2.32. The third-order valence-electron chi connectivity index (χ3n) is 3.26. The van der Waals surface area contributed by atoms with Crippen LogP contribution in [-0.2, 0) is 0 Å². The summed E-state index contributed by atoms with van der Waals surface area (Å²) >= 11 is 0. The molecule has 0 aromatic rings. The van der Waals surface area contributed by atoms with Crippen molar-refractivity contribution >= 4 is 0 Å². The average Bonchev–Trinajstić information content (AvgIpc) is 2.44. The van der Waals surface area contributed by atoms with Crippen molar-refractivity contribution in [2.24, 2.45) is 5.92 Å². The fourth-order valence-electron chi connectivity index (χ4n) is 2.11. The second kappa shape index (κ2) is 6.64. The number of aliphatic hydroxyl groups is 1. The third kappa shape index (κ3) is 3.93. The standard InChI is InChI=1S/C14H21FO/c1-3-14(15)10-13-7-6-12(8-9-16)5-4-11(13)2/h3,10,12,16H,2,4-9H2,1H3/b13-10-,14-3+/t12-/m1/s1. The fraction of sp³-hybridized carbons (Fsp3) is 0.571. The number of hydrogen-bond acceptors (Lipinski definition) is 1. The molecule has 1 aliphatic carbocycles. The predicted octanol–water partition coefficient (Wildman–Crippen LogP) is 3.91. The highest BCUT2D eigenvalue weighted by molar-refractivity contribution is 5.34. The zero-order valence-electron chi connectivity index (χ0n) is 10.0. The molecule has 1 fully saturated rings. The Bertz CT molecular complexity index is 302. The Morgan fingerprint density at radius 1 is 1.50 bits per heavy atom. The first-order valence-corrected chi connectivity index (χ1v) is 5.98. The van der Waals surface area contributed by atoms with Crippen molar-refractivity contribution in [2.75, 3.05) is 6.61 Å². The Labute approximate surface area is 97.4 Å². The van der Waals surface area contributed by atoms with Crippen molar-refractivity contribution in [3.8, 4) is 0 Å². The van der Waals surface area contributed by atoms with Crippen LogP contribution in [0.15, 0.2) is 35.7 Å². The molecule has 1 rings (SSSR count). The topological polar surface area (TPSA) is 20.2 Å². The molecule has 0 aromatic heterocycles. The molecule has 1 nitrogen and oxygen atoms in total. The molecule has 1 saturated carbocycles. The summed E-state index contributed by atoms with van der Waals surface area (Å²) in [6.45, 7) is 5.96. The van der Waals surface area contributed by atoms with Crippen LogP contribution in [0.4, 0.5) is 4.39 Å². The van der Waals surface area contributed by atoms with Crippen LogP contribution in [0.5, 0.6) is 0 Å². The van der Waals surface area contributed by atoms with Crippen molar-refractivity contribution in [3.05, 3.63) is 35.7 Å². The van der Waals surface area contributed by atoms with Gasteiger partial charge in [-0.2, -0.15) is 0 Å². The summed E-state index contributed by atoms with van der Waals surface area (Å²) in [4.78, 5) is 0. The highest BCUT2D eigenvalue weighted by atomic mass is 19.1. The quantitative estimate of drug-likeness (QED) is 0.720. The minimum absolute atomic E-state index is 0.184. The summed E-state index contributed by atoms with van der Waals surface area (Å²) in [6, 6.07) is 0. The fourth-order valence-corrected chi connectivity index (χ4v) is 2.11. The molecule has 0 spiro atoms. The number of rotatable bonds is 3. The maximum absolute atomic E-state index is 13.2. The predicted molar refractivity (Wildman–Crippen MR) is 65.7 cm³/mol. The highest BCUT2D eigenvalue weighted by Gasteiger charge is 2.16. The number of halogens is 1. The van der Waals surface area contributed by atoms with Gasteiger partial charge in [-0.25, -0.2) is 4.39 Å². The molecule has 90 valence electrons. The van der Waals surface area contributed by atoms with Crippen molar-refractivity contribution in [1.29, 1.82) is 0 Å². The number of hydrogen-bond donors (Lipinski definition) is 1. The van der Waals surface area contributed by atoms with Crippen LogP contribution in [0.3, 0.4) is 0 Å². The summed E-state index contributed by atoms with van der Waals surface area (Å²) < 4.78 is 13.2. The van der Waals surface area contributed by atoms with Gasteiger partial charge in [-0.05, 0) is 56.6 Å². The SMILES string of the molecule is C=C1CC[C@@H](CCO)CC/C1=C/C(F)=C\C. The Kier molecular flexibility index (Phi) is 5.47. The van der Waals surface area contributed by atoms with Gasteiger partial charge in [0.2, 0.25) is 0 Å². The summed E-state index contributed by atoms with van der Waals surface area (Å²) in [7, 11) is 0. The van der Waals surface area contributed by atoms with Gasteiger partial charge in [0.25, 0.3) is 0 Å². The van der Waals surface area contributed by atoms with Gasteiger partial charge in [0.05, 0.1) is 0 Å². The molecule has 0 heterocycles. The lowest BCUT2D eigenvalue weighted by molar-refractivity contribution is 0.249. The van der Waals surface area contributed by atoms with Gasteiger partial charge in [-0.3, -0.25) is 0 Å². The Hall–Kier alpha value is -0.890. The normalized spacial score (nSPS) is 25.9. The first-order valence-electron chi connectivity index (χ1n) is 5.98. The maximum Gasteiger partial charge on any atom is 0.119 e. The van der Waals surface area contributed by atoms with E-state index in [1.165, 1.54) is 6.08 Å². The van der Waals surface area contributed by atoms with E-state index < -0.39 is 0 Å². The minimum atomic E-state index is -0.184. The van der Waals surface area contributed by atoms with E-state index in [4.69, 9.17) is 5.11 Å². The summed E-state index contributed by atoms with van der Waals surface area (Å²) in [5.74, 6) is 0.373. The number of allylic oxidation sites excluding steroid dienone is 5. The van der Waals surface area contributed by atoms with E-state index in [-0.39, 0.29) is 12.4 Å². The van der Waals surface area contributed by atoms with Crippen molar-refractivity contribution < 1.29 is 9.50 Å². The number of aliphatic hydroxyl groups excluding tert-OH is 1. The maximum atomic E-state index is 13.2. The molecule has 0 unspecified atom stereocenters. The van der Waals surface area contributed by atoms with Gasteiger partial charge in [-0.1, -0.05) is 18.2 Å². The second-order valence-corrected chi connectivity index (χ2v) is 4.40. The molecule has 1 aliphatic rings. The zero-order chi connectivity index (χ0) is 12.0. The van der Waals surface area contributed by atoms with Gasteiger partial charge in [-0.15, -0.1) is 0 Å². The Morgan fingerprint density at radius 3 is 2.81 bits per heavy atom. The smallest absolute Gasteiger partial charge is 0.119 e. The van der Waals surface area contributed by atoms with Crippen molar-refractivity contribution in [2.45, 2.75) is 39.0 Å². The molecule has 1 atom stereocenters. The van der Waals surface area contributed by atoms with E-state index >= 15 is 0 Å². The lowest BCUT2D eigenvalue weighted by Gasteiger charge is -2.10. The molecule has 0 aromatic carbocycles. The van der Waals surface area contributed by atoms with E-state index in [1.54, 1.807) is 13.0 Å². The van der Waals surface area contributed by atoms with Crippen LogP contribution in [0.25, 0.3) is 0 Å². The minimum Gasteiger partial charge on any atom is -0.396 e. The third-order valence-corrected chi connectivity index (χ3v) is 3.26. The lowest BCUT2D eigenvalue weighted by Crippen LogP contribution is -2.00. The monoisotopic (exact) mass is 224 g/mol. The summed E-state index contributed by atoms with van der Waals surface area (Å²) in [6.07, 6.45) is 7.82. The Balaban J connectivity index is 2.68. The van der Waals surface area contributed by atoms with Crippen LogP contribution in [0.2, 0.25) is 0 Å². The van der Waals surface area contributed by atoms with E-state index in [2.05, 4.69) is 6.58 Å². The zero-order valence-corrected chi connectivity index (χ0v) is 10.0. The van der Waals surface area contributed by atoms with Crippen LogP contribution in [-0.4, -0.2) is 11.7 Å². The molecule has 1 N–H and O–H groups in total. The van der Waals surface area contributed by atoms with Gasteiger partial charge in [0.15, 0.2) is 0 Å². The van der Waals surface area contributed by atoms with E-state index in [9.17, 15) is 4.39 Å². The molecular formula is C14H21FO. The van der Waals surface area contributed by atoms with Crippen molar-refractivity contribution in [3.63, 3.8) is 0 Å². The Morgan fingerprint density at radius 2 is 2.19 bits per heavy atom. The molecule has 0 saturated heterocycles. The molecule has 0 radical (unpaired) electrons. The molecule has 2 heteroatoms. The summed E-state index contributed by atoms with van der Waals surface area (Å²) in [5.41, 5.74) is 2.09. The van der Waals surface area contributed by atoms with E-state index in [0.29, 0.717) is 5.92 Å². The van der Waals surface area contributed by atoms with Crippen LogP contribution < -0.4 is 0 Å². The molecular weight excluding hydrogens is 203 g/mol. The molecule has 0 aliphatic heterocycles. The largest absolute Gasteiger partial charge is 0.396 e. The first-order chi connectivity index (χ1) is 7.67. The van der Waals surface area contributed by atoms with Gasteiger partial charge < -0.3 is 5.11 Å². The lowest BCUT2D eigenvalue weighted by atomic mass is 9.97. The summed E-state index contributed by atoms with van der Waals surface area (Å²) in [5, 5.41) is 8.92. The van der Waals surface area contributed by atoms with E-state index in [1.807, 2.05) is 0 Å². The van der Waals surface area contributed by atoms with Crippen molar-refractivity contribution in [1.82, 2.24) is 0 Å².